The molecule has 22 heavy (non-hydrogen) atoms. The van der Waals surface area contributed by atoms with Crippen molar-refractivity contribution in [3.8, 4) is 5.75 Å². The number of ether oxygens (including phenoxy) is 1. The van der Waals surface area contributed by atoms with E-state index < -0.39 is 6.10 Å². The lowest BCUT2D eigenvalue weighted by molar-refractivity contribution is 0.104. The number of aliphatic hydroxyl groups excluding tert-OH is 1. The number of aryl methyl sites for hydroxylation is 1. The molecular weight excluding hydrogens is 278 g/mol. The molecule has 0 bridgehead atoms. The maximum atomic E-state index is 10.4. The van der Waals surface area contributed by atoms with Crippen LogP contribution in [-0.2, 0) is 20.0 Å². The number of aliphatic hydroxyl groups is 1. The topological polar surface area (TPSA) is 50.5 Å². The van der Waals surface area contributed by atoms with Crippen LogP contribution in [0.15, 0.2) is 24.3 Å². The quantitative estimate of drug-likeness (QED) is 0.936. The van der Waals surface area contributed by atoms with Crippen LogP contribution in [-0.4, -0.2) is 39.8 Å². The van der Waals surface area contributed by atoms with Crippen LogP contribution >= 0.6 is 0 Å². The number of aromatic nitrogens is 2. The van der Waals surface area contributed by atoms with Gasteiger partial charge >= 0.3 is 0 Å². The first-order chi connectivity index (χ1) is 10.6. The van der Waals surface area contributed by atoms with Crippen molar-refractivity contribution in [1.82, 2.24) is 14.5 Å². The van der Waals surface area contributed by atoms with Gasteiger partial charge in [-0.05, 0) is 24.6 Å². The third-order valence-electron chi connectivity index (χ3n) is 4.49. The van der Waals surface area contributed by atoms with Gasteiger partial charge in [0.25, 0.3) is 0 Å². The van der Waals surface area contributed by atoms with E-state index in [1.165, 1.54) is 5.69 Å². The summed E-state index contributed by atoms with van der Waals surface area (Å²) < 4.78 is 7.32. The zero-order chi connectivity index (χ0) is 15.7. The number of hydrogen-bond donors (Lipinski definition) is 1. The van der Waals surface area contributed by atoms with Crippen molar-refractivity contribution in [3.05, 3.63) is 47.0 Å². The maximum absolute atomic E-state index is 10.4. The van der Waals surface area contributed by atoms with E-state index in [1.54, 1.807) is 7.11 Å². The number of benzene rings is 1. The fraction of sp³-hybridized carbons (Fsp3) is 0.471. The zero-order valence-corrected chi connectivity index (χ0v) is 13.4. The van der Waals surface area contributed by atoms with E-state index in [0.29, 0.717) is 6.54 Å². The van der Waals surface area contributed by atoms with E-state index in [-0.39, 0.29) is 0 Å². The first-order valence-electron chi connectivity index (χ1n) is 7.64. The molecule has 1 aliphatic rings. The average Bonchev–Trinajstić information content (AvgIpc) is 2.81. The van der Waals surface area contributed by atoms with Gasteiger partial charge in [-0.3, -0.25) is 4.90 Å². The van der Waals surface area contributed by atoms with Gasteiger partial charge in [0.2, 0.25) is 0 Å². The Morgan fingerprint density at radius 2 is 2.05 bits per heavy atom. The van der Waals surface area contributed by atoms with Crippen molar-refractivity contribution in [3.63, 3.8) is 0 Å². The molecule has 1 aliphatic heterocycles. The van der Waals surface area contributed by atoms with Crippen LogP contribution in [0.5, 0.6) is 5.75 Å². The highest BCUT2D eigenvalue weighted by Crippen LogP contribution is 2.23. The minimum atomic E-state index is -0.489. The Hall–Kier alpha value is -1.85. The second-order valence-corrected chi connectivity index (χ2v) is 5.89. The maximum Gasteiger partial charge on any atom is 0.118 e. The van der Waals surface area contributed by atoms with Crippen LogP contribution in [0, 0.1) is 6.92 Å². The molecule has 118 valence electrons. The number of rotatable bonds is 4. The Labute approximate surface area is 131 Å². The highest BCUT2D eigenvalue weighted by Gasteiger charge is 2.23. The normalized spacial score (nSPS) is 16.4. The van der Waals surface area contributed by atoms with Gasteiger partial charge in [-0.25, -0.2) is 4.98 Å². The molecule has 3 rings (SSSR count). The van der Waals surface area contributed by atoms with E-state index in [1.807, 2.05) is 31.2 Å². The number of methoxy groups -OCH3 is 1. The summed E-state index contributed by atoms with van der Waals surface area (Å²) >= 11 is 0. The molecule has 2 aromatic rings. The van der Waals surface area contributed by atoms with Crippen LogP contribution in [0.2, 0.25) is 0 Å². The molecular formula is C17H23N3O2. The fourth-order valence-electron chi connectivity index (χ4n) is 3.05. The molecule has 5 nitrogen and oxygen atoms in total. The summed E-state index contributed by atoms with van der Waals surface area (Å²) in [7, 11) is 3.72. The Balaban J connectivity index is 1.66. The number of β-amino-alcohol motifs (C(OH)–C–C–N with tert-alkyl or cyclic N) is 1. The molecule has 1 N–H and O–H groups in total. The van der Waals surface area contributed by atoms with E-state index >= 15 is 0 Å². The van der Waals surface area contributed by atoms with Crippen LogP contribution < -0.4 is 4.74 Å². The second-order valence-electron chi connectivity index (χ2n) is 5.89. The van der Waals surface area contributed by atoms with E-state index in [0.717, 1.165) is 42.3 Å². The molecule has 0 saturated carbocycles. The Kier molecular flexibility index (Phi) is 4.18. The smallest absolute Gasteiger partial charge is 0.118 e. The van der Waals surface area contributed by atoms with E-state index in [2.05, 4.69) is 21.5 Å². The van der Waals surface area contributed by atoms with Gasteiger partial charge in [-0.1, -0.05) is 12.1 Å². The Morgan fingerprint density at radius 1 is 1.32 bits per heavy atom. The predicted octanol–water partition coefficient (Wildman–Crippen LogP) is 1.83. The first-order valence-corrected chi connectivity index (χ1v) is 7.64. The summed E-state index contributed by atoms with van der Waals surface area (Å²) in [5.41, 5.74) is 3.39. The minimum absolute atomic E-state index is 0.489. The van der Waals surface area contributed by atoms with Gasteiger partial charge < -0.3 is 14.4 Å². The summed E-state index contributed by atoms with van der Waals surface area (Å²) in [6.45, 7) is 4.43. The van der Waals surface area contributed by atoms with Crippen molar-refractivity contribution in [2.75, 3.05) is 20.2 Å². The lowest BCUT2D eigenvalue weighted by Crippen LogP contribution is -2.34. The minimum Gasteiger partial charge on any atom is -0.497 e. The SMILES string of the molecule is COc1ccc(C(O)CN2CCc3c(nc(C)n3C)C2)cc1. The molecule has 1 aromatic heterocycles. The van der Waals surface area contributed by atoms with E-state index in [9.17, 15) is 5.11 Å². The van der Waals surface area contributed by atoms with E-state index in [4.69, 9.17) is 4.74 Å². The molecule has 5 heteroatoms. The van der Waals surface area contributed by atoms with Gasteiger partial charge in [-0.15, -0.1) is 0 Å². The highest BCUT2D eigenvalue weighted by molar-refractivity contribution is 5.28. The molecule has 0 saturated heterocycles. The summed E-state index contributed by atoms with van der Waals surface area (Å²) in [4.78, 5) is 6.89. The number of fused-ring (bicyclic) bond motifs is 1. The Bertz CT molecular complexity index is 649. The van der Waals surface area contributed by atoms with Crippen molar-refractivity contribution in [2.45, 2.75) is 26.0 Å². The molecule has 0 spiro atoms. The summed E-state index contributed by atoms with van der Waals surface area (Å²) in [6, 6.07) is 7.61. The average molecular weight is 301 g/mol. The number of imidazole rings is 1. The van der Waals surface area contributed by atoms with Crippen molar-refractivity contribution in [2.24, 2.45) is 7.05 Å². The summed E-state index contributed by atoms with van der Waals surface area (Å²) in [5.74, 6) is 1.87. The van der Waals surface area contributed by atoms with Gasteiger partial charge in [0, 0.05) is 38.8 Å². The van der Waals surface area contributed by atoms with Gasteiger partial charge in [0.15, 0.2) is 0 Å². The molecule has 0 fully saturated rings. The van der Waals surface area contributed by atoms with Crippen LogP contribution in [0.1, 0.15) is 28.9 Å². The second kappa shape index (κ2) is 6.10. The van der Waals surface area contributed by atoms with Crippen LogP contribution in [0.25, 0.3) is 0 Å². The third kappa shape index (κ3) is 2.87. The largest absolute Gasteiger partial charge is 0.497 e. The fourth-order valence-corrected chi connectivity index (χ4v) is 3.05. The first kappa shape index (κ1) is 15.1. The van der Waals surface area contributed by atoms with Crippen LogP contribution in [0.3, 0.4) is 0 Å². The molecule has 1 aromatic carbocycles. The third-order valence-corrected chi connectivity index (χ3v) is 4.49. The van der Waals surface area contributed by atoms with Crippen molar-refractivity contribution in [1.29, 1.82) is 0 Å². The number of nitrogens with zero attached hydrogens (tertiary/aromatic N) is 3. The highest BCUT2D eigenvalue weighted by atomic mass is 16.5. The zero-order valence-electron chi connectivity index (χ0n) is 13.4. The summed E-state index contributed by atoms with van der Waals surface area (Å²) in [5, 5.41) is 10.4. The van der Waals surface area contributed by atoms with Gasteiger partial charge in [-0.2, -0.15) is 0 Å². The van der Waals surface area contributed by atoms with Gasteiger partial charge in [0.05, 0.1) is 18.9 Å². The predicted molar refractivity (Wildman–Crippen MR) is 84.9 cm³/mol. The number of hydrogen-bond acceptors (Lipinski definition) is 4. The van der Waals surface area contributed by atoms with Gasteiger partial charge in [0.1, 0.15) is 11.6 Å². The summed E-state index contributed by atoms with van der Waals surface area (Å²) in [6.07, 6.45) is 0.499. The lowest BCUT2D eigenvalue weighted by Gasteiger charge is -2.28. The molecule has 0 amide bonds. The molecule has 1 unspecified atom stereocenters. The molecule has 1 atom stereocenters. The Morgan fingerprint density at radius 3 is 2.73 bits per heavy atom. The van der Waals surface area contributed by atoms with Crippen molar-refractivity contribution < 1.29 is 9.84 Å². The lowest BCUT2D eigenvalue weighted by atomic mass is 10.1. The standard InChI is InChI=1S/C17H23N3O2/c1-12-18-15-10-20(9-8-16(15)19(12)2)11-17(21)13-4-6-14(22-3)7-5-13/h4-7,17,21H,8-11H2,1-3H3. The monoisotopic (exact) mass is 301 g/mol. The van der Waals surface area contributed by atoms with Crippen LogP contribution in [0.4, 0.5) is 0 Å². The molecule has 0 radical (unpaired) electrons. The molecule has 2 heterocycles. The van der Waals surface area contributed by atoms with Crippen molar-refractivity contribution >= 4 is 0 Å². The molecule has 0 aliphatic carbocycles.